The zero-order valence-electron chi connectivity index (χ0n) is 11.9. The van der Waals surface area contributed by atoms with Gasteiger partial charge in [0.25, 0.3) is 0 Å². The second kappa shape index (κ2) is 10.2. The van der Waals surface area contributed by atoms with E-state index in [0.29, 0.717) is 0 Å². The lowest BCUT2D eigenvalue weighted by molar-refractivity contribution is -0.177. The van der Waals surface area contributed by atoms with Gasteiger partial charge in [0.05, 0.1) is 32.7 Å². The average Bonchev–Trinajstić information content (AvgIpc) is 2.29. The van der Waals surface area contributed by atoms with Crippen molar-refractivity contribution in [3.05, 3.63) is 0 Å². The molecule has 0 amide bonds. The van der Waals surface area contributed by atoms with Crippen molar-refractivity contribution in [1.29, 1.82) is 0 Å². The zero-order chi connectivity index (χ0) is 14.9. The fourth-order valence-corrected chi connectivity index (χ4v) is 1.37. The summed E-state index contributed by atoms with van der Waals surface area (Å²) in [4.78, 5) is 34.4. The molecule has 0 rings (SSSR count). The van der Waals surface area contributed by atoms with Gasteiger partial charge in [-0.05, 0) is 20.8 Å². The first-order valence-corrected chi connectivity index (χ1v) is 6.10. The number of ether oxygens (including phenoxy) is 3. The average molecular weight is 294 g/mol. The summed E-state index contributed by atoms with van der Waals surface area (Å²) in [5, 5.41) is 10.1. The van der Waals surface area contributed by atoms with Crippen molar-refractivity contribution < 1.29 is 39.2 Å². The van der Waals surface area contributed by atoms with E-state index < -0.39 is 36.4 Å². The highest BCUT2D eigenvalue weighted by Crippen LogP contribution is 2.19. The molecule has 0 aromatic heterocycles. The van der Waals surface area contributed by atoms with Gasteiger partial charge in [0.1, 0.15) is 0 Å². The molecule has 0 aromatic carbocycles. The number of rotatable bonds is 8. The number of carbonyl (C=O) groups excluding carboxylic acids is 3. The summed E-state index contributed by atoms with van der Waals surface area (Å²) in [6.45, 7) is 4.97. The fraction of sp³-hybridized carbons (Fsp3) is 0.750. The maximum atomic E-state index is 11.7. The lowest BCUT2D eigenvalue weighted by Gasteiger charge is -2.23. The Morgan fingerprint density at radius 2 is 1.20 bits per heavy atom. The molecule has 0 unspecified atom stereocenters. The van der Waals surface area contributed by atoms with Crippen LogP contribution in [-0.2, 0) is 28.6 Å². The van der Waals surface area contributed by atoms with E-state index in [0.717, 1.165) is 0 Å². The second-order valence-corrected chi connectivity index (χ2v) is 3.72. The topological polar surface area (TPSA) is 131 Å². The van der Waals surface area contributed by atoms with Gasteiger partial charge < -0.3 is 24.8 Å². The van der Waals surface area contributed by atoms with Crippen molar-refractivity contribution in [2.75, 3.05) is 19.8 Å². The number of hydrogen-bond donors (Lipinski definition) is 1. The van der Waals surface area contributed by atoms with Gasteiger partial charge >= 0.3 is 17.9 Å². The van der Waals surface area contributed by atoms with Gasteiger partial charge in [-0.3, -0.25) is 9.59 Å². The smallest absolute Gasteiger partial charge is 0.339 e. The largest absolute Gasteiger partial charge is 0.466 e. The Kier molecular flexibility index (Phi) is 10.5. The van der Waals surface area contributed by atoms with Crippen molar-refractivity contribution in [1.82, 2.24) is 0 Å². The third kappa shape index (κ3) is 7.05. The summed E-state index contributed by atoms with van der Waals surface area (Å²) < 4.78 is 14.0. The standard InChI is InChI=1S/C12H20O7.H2O/c1-4-17-9(13)7-12(16,11(15)19-6-3)8-10(14)18-5-2;/h16H,4-8H2,1-3H3;1H2. The first kappa shape index (κ1) is 20.6. The molecule has 0 saturated carbocycles. The molecule has 0 bridgehead atoms. The van der Waals surface area contributed by atoms with Gasteiger partial charge in [-0.25, -0.2) is 4.79 Å². The lowest BCUT2D eigenvalue weighted by Crippen LogP contribution is -2.44. The van der Waals surface area contributed by atoms with Crippen LogP contribution in [0, 0.1) is 0 Å². The number of hydrogen-bond acceptors (Lipinski definition) is 7. The highest BCUT2D eigenvalue weighted by atomic mass is 16.6. The van der Waals surface area contributed by atoms with Crippen LogP contribution in [0.15, 0.2) is 0 Å². The van der Waals surface area contributed by atoms with Gasteiger partial charge in [0, 0.05) is 0 Å². The quantitative estimate of drug-likeness (QED) is 0.465. The minimum Gasteiger partial charge on any atom is -0.466 e. The predicted octanol–water partition coefficient (Wildman–Crippen LogP) is -0.638. The number of carbonyl (C=O) groups is 3. The molecule has 0 spiro atoms. The van der Waals surface area contributed by atoms with E-state index in [2.05, 4.69) is 14.2 Å². The van der Waals surface area contributed by atoms with Crippen molar-refractivity contribution in [3.63, 3.8) is 0 Å². The van der Waals surface area contributed by atoms with Crippen LogP contribution in [0.1, 0.15) is 33.6 Å². The van der Waals surface area contributed by atoms with Crippen molar-refractivity contribution in [2.24, 2.45) is 0 Å². The molecule has 0 atom stereocenters. The number of aliphatic hydroxyl groups is 1. The summed E-state index contributed by atoms with van der Waals surface area (Å²) in [5.41, 5.74) is -2.26. The Hall–Kier alpha value is -1.67. The summed E-state index contributed by atoms with van der Waals surface area (Å²) >= 11 is 0. The van der Waals surface area contributed by atoms with Gasteiger partial charge in [-0.1, -0.05) is 0 Å². The summed E-state index contributed by atoms with van der Waals surface area (Å²) in [5.74, 6) is -2.62. The fourth-order valence-electron chi connectivity index (χ4n) is 1.37. The third-order valence-corrected chi connectivity index (χ3v) is 2.14. The van der Waals surface area contributed by atoms with E-state index >= 15 is 0 Å². The summed E-state index contributed by atoms with van der Waals surface area (Å²) in [6, 6.07) is 0. The van der Waals surface area contributed by atoms with Gasteiger partial charge in [-0.2, -0.15) is 0 Å². The summed E-state index contributed by atoms with van der Waals surface area (Å²) in [6.07, 6.45) is -1.31. The Morgan fingerprint density at radius 3 is 1.50 bits per heavy atom. The molecule has 0 aliphatic heterocycles. The lowest BCUT2D eigenvalue weighted by atomic mass is 9.95. The molecule has 8 heteroatoms. The van der Waals surface area contributed by atoms with E-state index in [9.17, 15) is 19.5 Å². The highest BCUT2D eigenvalue weighted by molar-refractivity contribution is 5.90. The van der Waals surface area contributed by atoms with Crippen LogP contribution < -0.4 is 0 Å². The van der Waals surface area contributed by atoms with Crippen LogP contribution in [0.25, 0.3) is 0 Å². The van der Waals surface area contributed by atoms with Gasteiger partial charge in [0.2, 0.25) is 0 Å². The van der Waals surface area contributed by atoms with Crippen LogP contribution in [0.2, 0.25) is 0 Å². The van der Waals surface area contributed by atoms with Crippen molar-refractivity contribution in [2.45, 2.75) is 39.2 Å². The maximum Gasteiger partial charge on any atom is 0.339 e. The molecule has 0 aromatic rings. The highest BCUT2D eigenvalue weighted by Gasteiger charge is 2.43. The van der Waals surface area contributed by atoms with Gasteiger partial charge in [0.15, 0.2) is 5.60 Å². The SMILES string of the molecule is CCOC(=O)CC(O)(CC(=O)OCC)C(=O)OCC.O. The van der Waals surface area contributed by atoms with E-state index in [1.54, 1.807) is 20.8 Å². The van der Waals surface area contributed by atoms with Crippen LogP contribution in [-0.4, -0.2) is 53.9 Å². The maximum absolute atomic E-state index is 11.7. The molecular formula is C12H22O8. The predicted molar refractivity (Wildman–Crippen MR) is 67.7 cm³/mol. The van der Waals surface area contributed by atoms with Crippen LogP contribution in [0.3, 0.4) is 0 Å². The Balaban J connectivity index is 0. The second-order valence-electron chi connectivity index (χ2n) is 3.72. The van der Waals surface area contributed by atoms with E-state index in [-0.39, 0.29) is 25.3 Å². The van der Waals surface area contributed by atoms with Gasteiger partial charge in [-0.15, -0.1) is 0 Å². The third-order valence-electron chi connectivity index (χ3n) is 2.14. The molecule has 118 valence electrons. The van der Waals surface area contributed by atoms with Crippen LogP contribution in [0.5, 0.6) is 0 Å². The van der Waals surface area contributed by atoms with Crippen LogP contribution in [0.4, 0.5) is 0 Å². The molecule has 0 heterocycles. The minimum atomic E-state index is -2.26. The molecule has 0 fully saturated rings. The van der Waals surface area contributed by atoms with E-state index in [1.807, 2.05) is 0 Å². The van der Waals surface area contributed by atoms with E-state index in [1.165, 1.54) is 0 Å². The molecular weight excluding hydrogens is 272 g/mol. The summed E-state index contributed by atoms with van der Waals surface area (Å²) in [7, 11) is 0. The number of esters is 3. The molecule has 0 aliphatic rings. The van der Waals surface area contributed by atoms with E-state index in [4.69, 9.17) is 0 Å². The monoisotopic (exact) mass is 294 g/mol. The molecule has 0 radical (unpaired) electrons. The zero-order valence-corrected chi connectivity index (χ0v) is 11.9. The molecule has 0 aliphatic carbocycles. The molecule has 0 saturated heterocycles. The first-order valence-electron chi connectivity index (χ1n) is 6.10. The molecule has 20 heavy (non-hydrogen) atoms. The molecule has 8 nitrogen and oxygen atoms in total. The molecule has 3 N–H and O–H groups in total. The normalized spacial score (nSPS) is 10.2. The van der Waals surface area contributed by atoms with Crippen LogP contribution >= 0.6 is 0 Å². The first-order chi connectivity index (χ1) is 8.89. The Morgan fingerprint density at radius 1 is 0.850 bits per heavy atom. The minimum absolute atomic E-state index is 0. The Labute approximate surface area is 117 Å². The van der Waals surface area contributed by atoms with Crippen molar-refractivity contribution >= 4 is 17.9 Å². The van der Waals surface area contributed by atoms with Crippen molar-refractivity contribution in [3.8, 4) is 0 Å². The Bertz CT molecular complexity index is 305.